The molecule has 0 saturated carbocycles. The summed E-state index contributed by atoms with van der Waals surface area (Å²) in [4.78, 5) is 19.4. The van der Waals surface area contributed by atoms with Crippen molar-refractivity contribution in [3.63, 3.8) is 0 Å². The number of alkyl halides is 3. The van der Waals surface area contributed by atoms with Crippen LogP contribution in [0.4, 0.5) is 23.2 Å². The molecule has 2 N–H and O–H groups in total. The van der Waals surface area contributed by atoms with Gasteiger partial charge in [-0.15, -0.1) is 0 Å². The molecule has 0 unspecified atom stereocenters. The molecule has 1 amide bonds. The number of hydrogen-bond donors (Lipinski definition) is 2. The first kappa shape index (κ1) is 20.0. The maximum Gasteiger partial charge on any atom is 0.422 e. The average molecular weight is 400 g/mol. The van der Waals surface area contributed by atoms with Crippen LogP contribution in [0.25, 0.3) is 0 Å². The molecule has 2 aromatic rings. The lowest BCUT2D eigenvalue weighted by Crippen LogP contribution is -2.33. The number of nitrogens with zero attached hydrogens (tertiary/aromatic N) is 2. The van der Waals surface area contributed by atoms with Gasteiger partial charge in [0.25, 0.3) is 5.91 Å². The lowest BCUT2D eigenvalue weighted by Gasteiger charge is -2.24. The van der Waals surface area contributed by atoms with Gasteiger partial charge in [0.05, 0.1) is 30.8 Å². The fourth-order valence-electron chi connectivity index (χ4n) is 2.46. The molecule has 11 heteroatoms. The zero-order valence-corrected chi connectivity index (χ0v) is 14.4. The number of halogens is 4. The minimum atomic E-state index is -4.51. The SMILES string of the molecule is O=C(Nc1ccc([C@@H]2CNCCO2)cc1F)c1cnc(OCC(F)(F)F)cn1. The third kappa shape index (κ3) is 5.36. The quantitative estimate of drug-likeness (QED) is 0.751. The van der Waals surface area contributed by atoms with Gasteiger partial charge in [-0.25, -0.2) is 14.4 Å². The number of carbonyl (C=O) groups is 1. The molecule has 3 rings (SSSR count). The van der Waals surface area contributed by atoms with Gasteiger partial charge in [0, 0.05) is 13.1 Å². The molecule has 0 spiro atoms. The summed E-state index contributed by atoms with van der Waals surface area (Å²) in [6, 6.07) is 4.30. The van der Waals surface area contributed by atoms with E-state index in [2.05, 4.69) is 25.3 Å². The first-order chi connectivity index (χ1) is 13.3. The molecule has 0 bridgehead atoms. The average Bonchev–Trinajstić information content (AvgIpc) is 2.68. The van der Waals surface area contributed by atoms with Gasteiger partial charge in [0.2, 0.25) is 5.88 Å². The van der Waals surface area contributed by atoms with Gasteiger partial charge in [-0.3, -0.25) is 4.79 Å². The van der Waals surface area contributed by atoms with E-state index in [1.807, 2.05) is 0 Å². The molecule has 1 atom stereocenters. The van der Waals surface area contributed by atoms with Crippen LogP contribution in [0.1, 0.15) is 22.2 Å². The minimum Gasteiger partial charge on any atom is -0.467 e. The summed E-state index contributed by atoms with van der Waals surface area (Å²) < 4.78 is 60.5. The maximum absolute atomic E-state index is 14.3. The molecule has 1 aromatic carbocycles. The Balaban J connectivity index is 1.62. The molecule has 1 aliphatic rings. The molecule has 0 aliphatic carbocycles. The van der Waals surface area contributed by atoms with E-state index in [-0.39, 0.29) is 23.4 Å². The molecule has 1 aliphatic heterocycles. The zero-order chi connectivity index (χ0) is 20.1. The van der Waals surface area contributed by atoms with Gasteiger partial charge in [-0.2, -0.15) is 13.2 Å². The number of aromatic nitrogens is 2. The van der Waals surface area contributed by atoms with E-state index in [0.717, 1.165) is 18.9 Å². The predicted molar refractivity (Wildman–Crippen MR) is 89.5 cm³/mol. The maximum atomic E-state index is 14.3. The summed E-state index contributed by atoms with van der Waals surface area (Å²) in [6.45, 7) is 0.287. The zero-order valence-electron chi connectivity index (χ0n) is 14.4. The Labute approximate surface area is 157 Å². The number of ether oxygens (including phenoxy) is 2. The second kappa shape index (κ2) is 8.48. The van der Waals surface area contributed by atoms with E-state index >= 15 is 0 Å². The standard InChI is InChI=1S/C17H16F4N4O3/c18-11-5-10(14-7-22-3-4-27-14)1-2-12(11)25-16(26)13-6-24-15(8-23-13)28-9-17(19,20)21/h1-2,5-6,8,14,22H,3-4,7,9H2,(H,25,26)/t14-/m0/s1. The highest BCUT2D eigenvalue weighted by molar-refractivity contribution is 6.02. The van der Waals surface area contributed by atoms with Crippen molar-refractivity contribution in [1.82, 2.24) is 15.3 Å². The van der Waals surface area contributed by atoms with E-state index in [0.29, 0.717) is 18.7 Å². The van der Waals surface area contributed by atoms with Crippen LogP contribution in [0, 0.1) is 5.82 Å². The Morgan fingerprint density at radius 3 is 2.75 bits per heavy atom. The van der Waals surface area contributed by atoms with Gasteiger partial charge in [-0.05, 0) is 17.7 Å². The van der Waals surface area contributed by atoms with Crippen molar-refractivity contribution in [1.29, 1.82) is 0 Å². The van der Waals surface area contributed by atoms with Gasteiger partial charge in [0.1, 0.15) is 11.5 Å². The van der Waals surface area contributed by atoms with Crippen molar-refractivity contribution < 1.29 is 31.8 Å². The van der Waals surface area contributed by atoms with Crippen LogP contribution in [-0.4, -0.2) is 48.4 Å². The van der Waals surface area contributed by atoms with Crippen molar-refractivity contribution in [3.8, 4) is 5.88 Å². The highest BCUT2D eigenvalue weighted by Crippen LogP contribution is 2.24. The molecule has 0 radical (unpaired) electrons. The van der Waals surface area contributed by atoms with E-state index in [1.165, 1.54) is 12.1 Å². The summed E-state index contributed by atoms with van der Waals surface area (Å²) in [5.74, 6) is -1.80. The lowest BCUT2D eigenvalue weighted by atomic mass is 10.1. The van der Waals surface area contributed by atoms with Crippen LogP contribution in [0.5, 0.6) is 5.88 Å². The smallest absolute Gasteiger partial charge is 0.422 e. The Morgan fingerprint density at radius 1 is 1.32 bits per heavy atom. The van der Waals surface area contributed by atoms with Crippen LogP contribution in [0.3, 0.4) is 0 Å². The first-order valence-electron chi connectivity index (χ1n) is 8.26. The van der Waals surface area contributed by atoms with Gasteiger partial charge in [0.15, 0.2) is 6.61 Å². The third-order valence-electron chi connectivity index (χ3n) is 3.79. The minimum absolute atomic E-state index is 0.0725. The van der Waals surface area contributed by atoms with Crippen molar-refractivity contribution in [2.24, 2.45) is 0 Å². The summed E-state index contributed by atoms with van der Waals surface area (Å²) in [5, 5.41) is 5.48. The molecule has 2 heterocycles. The summed E-state index contributed by atoms with van der Waals surface area (Å²) in [5.41, 5.74) is 0.355. The molecule has 1 aromatic heterocycles. The highest BCUT2D eigenvalue weighted by atomic mass is 19.4. The fraction of sp³-hybridized carbons (Fsp3) is 0.353. The van der Waals surface area contributed by atoms with E-state index in [9.17, 15) is 22.4 Å². The first-order valence-corrected chi connectivity index (χ1v) is 8.26. The highest BCUT2D eigenvalue weighted by Gasteiger charge is 2.28. The van der Waals surface area contributed by atoms with Crippen LogP contribution >= 0.6 is 0 Å². The number of morpholine rings is 1. The normalized spacial score (nSPS) is 17.2. The van der Waals surface area contributed by atoms with E-state index in [1.54, 1.807) is 6.07 Å². The molecule has 1 saturated heterocycles. The molecule has 1 fully saturated rings. The van der Waals surface area contributed by atoms with Crippen molar-refractivity contribution in [2.45, 2.75) is 12.3 Å². The summed E-state index contributed by atoms with van der Waals surface area (Å²) in [7, 11) is 0. The Bertz CT molecular complexity index is 824. The van der Waals surface area contributed by atoms with Gasteiger partial charge in [-0.1, -0.05) is 6.07 Å². The van der Waals surface area contributed by atoms with Gasteiger partial charge >= 0.3 is 6.18 Å². The summed E-state index contributed by atoms with van der Waals surface area (Å²) in [6.07, 6.45) is -2.97. The second-order valence-corrected chi connectivity index (χ2v) is 5.90. The van der Waals surface area contributed by atoms with Crippen LogP contribution in [-0.2, 0) is 4.74 Å². The molecule has 28 heavy (non-hydrogen) atoms. The Morgan fingerprint density at radius 2 is 2.14 bits per heavy atom. The molecule has 150 valence electrons. The summed E-state index contributed by atoms with van der Waals surface area (Å²) >= 11 is 0. The molecule has 7 nitrogen and oxygen atoms in total. The van der Waals surface area contributed by atoms with E-state index in [4.69, 9.17) is 4.74 Å². The van der Waals surface area contributed by atoms with E-state index < -0.39 is 24.5 Å². The number of benzene rings is 1. The number of amides is 1. The molecular formula is C17H16F4N4O3. The molecular weight excluding hydrogens is 384 g/mol. The second-order valence-electron chi connectivity index (χ2n) is 5.90. The number of rotatable bonds is 5. The Kier molecular flexibility index (Phi) is 6.05. The van der Waals surface area contributed by atoms with Crippen molar-refractivity contribution in [2.75, 3.05) is 31.6 Å². The van der Waals surface area contributed by atoms with Crippen molar-refractivity contribution >= 4 is 11.6 Å². The van der Waals surface area contributed by atoms with Crippen LogP contribution in [0.2, 0.25) is 0 Å². The van der Waals surface area contributed by atoms with Crippen molar-refractivity contribution in [3.05, 3.63) is 47.7 Å². The number of carbonyl (C=O) groups excluding carboxylic acids is 1. The van der Waals surface area contributed by atoms with Crippen LogP contribution < -0.4 is 15.4 Å². The van der Waals surface area contributed by atoms with Gasteiger partial charge < -0.3 is 20.1 Å². The number of anilines is 1. The number of nitrogens with one attached hydrogen (secondary N) is 2. The third-order valence-corrected chi connectivity index (χ3v) is 3.79. The van der Waals surface area contributed by atoms with Crippen LogP contribution in [0.15, 0.2) is 30.6 Å². The monoisotopic (exact) mass is 400 g/mol. The fourth-order valence-corrected chi connectivity index (χ4v) is 2.46. The Hall–Kier alpha value is -2.79. The largest absolute Gasteiger partial charge is 0.467 e. The topological polar surface area (TPSA) is 85.4 Å². The lowest BCUT2D eigenvalue weighted by molar-refractivity contribution is -0.154. The number of hydrogen-bond acceptors (Lipinski definition) is 6. The predicted octanol–water partition coefficient (Wildman–Crippen LogP) is 2.47.